The number of hydrogen-bond donors (Lipinski definition) is 1. The first kappa shape index (κ1) is 12.9. The van der Waals surface area contributed by atoms with E-state index in [1.807, 2.05) is 13.8 Å². The van der Waals surface area contributed by atoms with Gasteiger partial charge in [-0.15, -0.1) is 0 Å². The first-order valence-corrected chi connectivity index (χ1v) is 8.48. The van der Waals surface area contributed by atoms with Crippen LogP contribution in [0.1, 0.15) is 49.1 Å². The van der Waals surface area contributed by atoms with E-state index in [0.717, 1.165) is 29.0 Å². The number of halogens is 1. The molecule has 0 spiro atoms. The molecular weight excluding hydrogens is 314 g/mol. The van der Waals surface area contributed by atoms with Crippen LogP contribution in [0.4, 0.5) is 5.69 Å². The van der Waals surface area contributed by atoms with Crippen LogP contribution in [0.15, 0.2) is 18.2 Å². The number of hydrogen-bond acceptors (Lipinski definition) is 1. The minimum Gasteiger partial charge on any atom is -0.325 e. The summed E-state index contributed by atoms with van der Waals surface area (Å²) in [5.74, 6) is 2.89. The second-order valence-electron chi connectivity index (χ2n) is 7.27. The molecule has 1 amide bonds. The highest BCUT2D eigenvalue weighted by atomic mass is 79.9. The van der Waals surface area contributed by atoms with Gasteiger partial charge in [0.15, 0.2) is 0 Å². The fraction of sp³-hybridized carbons (Fsp3) is 0.588. The Morgan fingerprint density at radius 3 is 2.65 bits per heavy atom. The number of carbonyl (C=O) groups is 1. The minimum absolute atomic E-state index is 0.109. The SMILES string of the molecule is CC1(C)C(=O)Nc2ccc(C(Br)C3CC4CC4C3)cc21. The molecule has 3 heteroatoms. The molecule has 3 atom stereocenters. The van der Waals surface area contributed by atoms with Crippen molar-refractivity contribution in [1.29, 1.82) is 0 Å². The average molecular weight is 334 g/mol. The highest BCUT2D eigenvalue weighted by Crippen LogP contribution is 2.58. The van der Waals surface area contributed by atoms with Gasteiger partial charge in [-0.05, 0) is 68.1 Å². The lowest BCUT2D eigenvalue weighted by Crippen LogP contribution is -2.26. The molecule has 1 heterocycles. The fourth-order valence-corrected chi connectivity index (χ4v) is 4.75. The summed E-state index contributed by atoms with van der Waals surface area (Å²) in [4.78, 5) is 12.5. The monoisotopic (exact) mass is 333 g/mol. The Bertz CT molecular complexity index is 585. The topological polar surface area (TPSA) is 29.1 Å². The second kappa shape index (κ2) is 4.09. The molecule has 20 heavy (non-hydrogen) atoms. The smallest absolute Gasteiger partial charge is 0.234 e. The number of amides is 1. The van der Waals surface area contributed by atoms with Gasteiger partial charge in [-0.1, -0.05) is 28.1 Å². The maximum Gasteiger partial charge on any atom is 0.234 e. The van der Waals surface area contributed by atoms with Crippen molar-refractivity contribution in [3.63, 3.8) is 0 Å². The molecule has 1 aromatic carbocycles. The Hall–Kier alpha value is -0.830. The minimum atomic E-state index is -0.407. The first-order chi connectivity index (χ1) is 9.46. The molecule has 0 bridgehead atoms. The lowest BCUT2D eigenvalue weighted by Gasteiger charge is -2.22. The lowest BCUT2D eigenvalue weighted by molar-refractivity contribution is -0.119. The van der Waals surface area contributed by atoms with Crippen molar-refractivity contribution < 1.29 is 4.79 Å². The summed E-state index contributed by atoms with van der Waals surface area (Å²) in [6, 6.07) is 6.47. The number of benzene rings is 1. The van der Waals surface area contributed by atoms with Gasteiger partial charge in [0.1, 0.15) is 0 Å². The molecule has 2 aliphatic carbocycles. The van der Waals surface area contributed by atoms with Crippen LogP contribution >= 0.6 is 15.9 Å². The van der Waals surface area contributed by atoms with Crippen molar-refractivity contribution in [1.82, 2.24) is 0 Å². The van der Waals surface area contributed by atoms with Crippen LogP contribution < -0.4 is 5.32 Å². The van der Waals surface area contributed by atoms with Crippen LogP contribution in [0, 0.1) is 17.8 Å². The molecule has 2 saturated carbocycles. The van der Waals surface area contributed by atoms with E-state index in [-0.39, 0.29) is 5.91 Å². The molecule has 2 fully saturated rings. The van der Waals surface area contributed by atoms with Gasteiger partial charge in [-0.3, -0.25) is 4.79 Å². The van der Waals surface area contributed by atoms with Gasteiger partial charge >= 0.3 is 0 Å². The Kier molecular flexibility index (Phi) is 2.64. The van der Waals surface area contributed by atoms with Crippen LogP contribution in [0.2, 0.25) is 0 Å². The molecule has 106 valence electrons. The lowest BCUT2D eigenvalue weighted by atomic mass is 9.84. The van der Waals surface area contributed by atoms with Crippen LogP contribution in [0.5, 0.6) is 0 Å². The van der Waals surface area contributed by atoms with Crippen molar-refractivity contribution in [3.8, 4) is 0 Å². The summed E-state index contributed by atoms with van der Waals surface area (Å²) < 4.78 is 0. The Labute approximate surface area is 128 Å². The van der Waals surface area contributed by atoms with E-state index in [2.05, 4.69) is 39.4 Å². The number of anilines is 1. The predicted molar refractivity (Wildman–Crippen MR) is 84.1 cm³/mol. The number of fused-ring (bicyclic) bond motifs is 2. The van der Waals surface area contributed by atoms with Crippen molar-refractivity contribution in [3.05, 3.63) is 29.3 Å². The molecule has 1 N–H and O–H groups in total. The number of nitrogens with one attached hydrogen (secondary N) is 1. The van der Waals surface area contributed by atoms with Crippen LogP contribution in [0.3, 0.4) is 0 Å². The molecule has 4 rings (SSSR count). The molecule has 1 aromatic rings. The summed E-state index contributed by atoms with van der Waals surface area (Å²) in [6.45, 7) is 4.01. The summed E-state index contributed by atoms with van der Waals surface area (Å²) in [5, 5.41) is 2.98. The normalized spacial score (nSPS) is 34.4. The molecule has 0 radical (unpaired) electrons. The Morgan fingerprint density at radius 1 is 1.25 bits per heavy atom. The summed E-state index contributed by atoms with van der Waals surface area (Å²) in [5.41, 5.74) is 3.06. The highest BCUT2D eigenvalue weighted by Gasteiger charge is 2.48. The largest absolute Gasteiger partial charge is 0.325 e. The summed E-state index contributed by atoms with van der Waals surface area (Å²) in [6.07, 6.45) is 4.21. The number of alkyl halides is 1. The highest BCUT2D eigenvalue weighted by molar-refractivity contribution is 9.09. The van der Waals surface area contributed by atoms with Gasteiger partial charge in [-0.2, -0.15) is 0 Å². The average Bonchev–Trinajstić information content (AvgIpc) is 2.96. The van der Waals surface area contributed by atoms with E-state index in [1.165, 1.54) is 24.8 Å². The second-order valence-corrected chi connectivity index (χ2v) is 8.26. The zero-order chi connectivity index (χ0) is 14.1. The van der Waals surface area contributed by atoms with Crippen molar-refractivity contribution in [2.75, 3.05) is 5.32 Å². The maximum atomic E-state index is 12.0. The third kappa shape index (κ3) is 1.78. The molecule has 1 aliphatic heterocycles. The van der Waals surface area contributed by atoms with Crippen LogP contribution in [-0.4, -0.2) is 5.91 Å². The van der Waals surface area contributed by atoms with Gasteiger partial charge in [0.2, 0.25) is 5.91 Å². The van der Waals surface area contributed by atoms with Gasteiger partial charge in [0.25, 0.3) is 0 Å². The van der Waals surface area contributed by atoms with Gasteiger partial charge in [0.05, 0.1) is 5.41 Å². The summed E-state index contributed by atoms with van der Waals surface area (Å²) >= 11 is 3.92. The molecule has 2 nitrogen and oxygen atoms in total. The van der Waals surface area contributed by atoms with Crippen LogP contribution in [-0.2, 0) is 10.2 Å². The zero-order valence-corrected chi connectivity index (χ0v) is 13.5. The fourth-order valence-electron chi connectivity index (χ4n) is 4.03. The molecule has 3 aliphatic rings. The zero-order valence-electron chi connectivity index (χ0n) is 11.9. The molecular formula is C17H20BrNO. The number of carbonyl (C=O) groups excluding carboxylic acids is 1. The van der Waals surface area contributed by atoms with E-state index < -0.39 is 5.41 Å². The Morgan fingerprint density at radius 2 is 1.95 bits per heavy atom. The first-order valence-electron chi connectivity index (χ1n) is 7.57. The van der Waals surface area contributed by atoms with Crippen molar-refractivity contribution in [2.45, 2.75) is 43.4 Å². The van der Waals surface area contributed by atoms with Gasteiger partial charge in [-0.25, -0.2) is 0 Å². The number of rotatable bonds is 2. The maximum absolute atomic E-state index is 12.0. The predicted octanol–water partition coefficient (Wildman–Crippen LogP) is 4.40. The van der Waals surface area contributed by atoms with E-state index in [1.54, 1.807) is 0 Å². The van der Waals surface area contributed by atoms with Crippen molar-refractivity contribution in [2.24, 2.45) is 17.8 Å². The van der Waals surface area contributed by atoms with Gasteiger partial charge in [0, 0.05) is 10.5 Å². The van der Waals surface area contributed by atoms with E-state index >= 15 is 0 Å². The molecule has 0 saturated heterocycles. The summed E-state index contributed by atoms with van der Waals surface area (Å²) in [7, 11) is 0. The van der Waals surface area contributed by atoms with Crippen LogP contribution in [0.25, 0.3) is 0 Å². The molecule has 3 unspecified atom stereocenters. The van der Waals surface area contributed by atoms with E-state index in [9.17, 15) is 4.79 Å². The third-order valence-electron chi connectivity index (χ3n) is 5.55. The van der Waals surface area contributed by atoms with E-state index in [0.29, 0.717) is 4.83 Å². The molecule has 0 aromatic heterocycles. The van der Waals surface area contributed by atoms with Gasteiger partial charge < -0.3 is 5.32 Å². The van der Waals surface area contributed by atoms with Crippen molar-refractivity contribution >= 4 is 27.5 Å². The van der Waals surface area contributed by atoms with E-state index in [4.69, 9.17) is 0 Å². The standard InChI is InChI=1S/C17H20BrNO/c1-17(2)13-8-9(3-4-14(13)19-16(17)20)15(18)12-6-10-5-11(10)7-12/h3-4,8,10-12,15H,5-7H2,1-2H3,(H,19,20). The quantitative estimate of drug-likeness (QED) is 0.798. The third-order valence-corrected chi connectivity index (χ3v) is 6.82. The Balaban J connectivity index is 1.64.